The number of ether oxygens (including phenoxy) is 2. The first kappa shape index (κ1) is 21.6. The van der Waals surface area contributed by atoms with Gasteiger partial charge in [0.05, 0.1) is 7.11 Å². The van der Waals surface area contributed by atoms with Gasteiger partial charge in [-0.25, -0.2) is 4.63 Å². The zero-order valence-electron chi connectivity index (χ0n) is 16.4. The summed E-state index contributed by atoms with van der Waals surface area (Å²) in [6, 6.07) is 13.7. The molecule has 3 aromatic rings. The van der Waals surface area contributed by atoms with Crippen LogP contribution in [0.2, 0.25) is 0 Å². The van der Waals surface area contributed by atoms with Crippen molar-refractivity contribution in [3.8, 4) is 11.5 Å². The Morgan fingerprint density at radius 1 is 1.20 bits per heavy atom. The van der Waals surface area contributed by atoms with Crippen molar-refractivity contribution in [2.24, 2.45) is 0 Å². The van der Waals surface area contributed by atoms with E-state index in [1.54, 1.807) is 7.11 Å². The summed E-state index contributed by atoms with van der Waals surface area (Å²) >= 11 is 3.50. The molecule has 10 heteroatoms. The topological polar surface area (TPSA) is 125 Å². The SMILES string of the molecule is COc1cc(Br)cc(CNCCNC(=O)c2nonc2N)c1OCc1ccccc1. The van der Waals surface area contributed by atoms with Crippen LogP contribution in [0.5, 0.6) is 11.5 Å². The van der Waals surface area contributed by atoms with E-state index in [2.05, 4.69) is 41.5 Å². The maximum atomic E-state index is 11.9. The molecule has 0 fully saturated rings. The van der Waals surface area contributed by atoms with Gasteiger partial charge in [-0.05, 0) is 28.0 Å². The summed E-state index contributed by atoms with van der Waals surface area (Å²) in [4.78, 5) is 11.9. The molecule has 3 rings (SSSR count). The average Bonchev–Trinajstić information content (AvgIpc) is 3.19. The number of nitrogens with one attached hydrogen (secondary N) is 2. The van der Waals surface area contributed by atoms with Gasteiger partial charge in [0, 0.05) is 29.7 Å². The Kier molecular flexibility index (Phi) is 7.63. The number of nitrogens with zero attached hydrogens (tertiary/aromatic N) is 2. The normalized spacial score (nSPS) is 10.6. The van der Waals surface area contributed by atoms with Crippen LogP contribution in [0.4, 0.5) is 5.82 Å². The molecule has 1 amide bonds. The number of amides is 1. The summed E-state index contributed by atoms with van der Waals surface area (Å²) in [6.07, 6.45) is 0. The predicted octanol–water partition coefficient (Wildman–Crippen LogP) is 2.52. The molecule has 0 spiro atoms. The van der Waals surface area contributed by atoms with E-state index < -0.39 is 5.91 Å². The lowest BCUT2D eigenvalue weighted by Crippen LogP contribution is -2.32. The highest BCUT2D eigenvalue weighted by Gasteiger charge is 2.16. The van der Waals surface area contributed by atoms with Crippen molar-refractivity contribution in [1.29, 1.82) is 0 Å². The summed E-state index contributed by atoms with van der Waals surface area (Å²) < 4.78 is 16.9. The minimum atomic E-state index is -0.438. The van der Waals surface area contributed by atoms with E-state index in [4.69, 9.17) is 15.2 Å². The second kappa shape index (κ2) is 10.6. The molecule has 4 N–H and O–H groups in total. The van der Waals surface area contributed by atoms with Gasteiger partial charge in [0.25, 0.3) is 5.91 Å². The van der Waals surface area contributed by atoms with Gasteiger partial charge >= 0.3 is 0 Å². The van der Waals surface area contributed by atoms with Gasteiger partial charge in [-0.3, -0.25) is 4.79 Å². The number of aromatic nitrogens is 2. The number of carbonyl (C=O) groups is 1. The number of nitrogens with two attached hydrogens (primary N) is 1. The number of benzene rings is 2. The highest BCUT2D eigenvalue weighted by molar-refractivity contribution is 9.10. The standard InChI is InChI=1S/C20H22BrN5O4/c1-28-16-10-15(21)9-14(18(16)29-12-13-5-3-2-4-6-13)11-23-7-8-24-20(27)17-19(22)26-30-25-17/h2-6,9-10,23H,7-8,11-12H2,1H3,(H2,22,26)(H,24,27). The lowest BCUT2D eigenvalue weighted by atomic mass is 10.1. The van der Waals surface area contributed by atoms with Crippen LogP contribution in [0.3, 0.4) is 0 Å². The molecule has 0 unspecified atom stereocenters. The van der Waals surface area contributed by atoms with E-state index in [1.165, 1.54) is 0 Å². The van der Waals surface area contributed by atoms with Crippen molar-refractivity contribution in [3.63, 3.8) is 0 Å². The van der Waals surface area contributed by atoms with Gasteiger partial charge in [0.2, 0.25) is 11.5 Å². The molecule has 9 nitrogen and oxygen atoms in total. The lowest BCUT2D eigenvalue weighted by molar-refractivity contribution is 0.0944. The number of rotatable bonds is 10. The monoisotopic (exact) mass is 475 g/mol. The van der Waals surface area contributed by atoms with E-state index in [1.807, 2.05) is 42.5 Å². The first-order valence-electron chi connectivity index (χ1n) is 9.18. The Bertz CT molecular complexity index is 981. The molecule has 1 heterocycles. The number of hydrogen-bond donors (Lipinski definition) is 3. The van der Waals surface area contributed by atoms with Crippen molar-refractivity contribution in [2.45, 2.75) is 13.2 Å². The molecular weight excluding hydrogens is 454 g/mol. The molecular formula is C20H22BrN5O4. The van der Waals surface area contributed by atoms with Crippen LogP contribution in [-0.4, -0.2) is 36.4 Å². The number of halogens is 1. The van der Waals surface area contributed by atoms with E-state index in [9.17, 15) is 4.79 Å². The molecule has 1 aromatic heterocycles. The maximum absolute atomic E-state index is 11.9. The Morgan fingerprint density at radius 3 is 2.70 bits per heavy atom. The van der Waals surface area contributed by atoms with Crippen LogP contribution >= 0.6 is 15.9 Å². The van der Waals surface area contributed by atoms with Crippen LogP contribution in [0, 0.1) is 0 Å². The summed E-state index contributed by atoms with van der Waals surface area (Å²) in [5.74, 6) is 0.829. The van der Waals surface area contributed by atoms with Crippen LogP contribution in [-0.2, 0) is 13.2 Å². The van der Waals surface area contributed by atoms with Gasteiger partial charge in [0.15, 0.2) is 11.5 Å². The maximum Gasteiger partial charge on any atom is 0.277 e. The van der Waals surface area contributed by atoms with Crippen molar-refractivity contribution >= 4 is 27.7 Å². The van der Waals surface area contributed by atoms with Crippen LogP contribution < -0.4 is 25.8 Å². The fourth-order valence-electron chi connectivity index (χ4n) is 2.72. The molecule has 0 aliphatic heterocycles. The van der Waals surface area contributed by atoms with Crippen molar-refractivity contribution in [1.82, 2.24) is 20.9 Å². The van der Waals surface area contributed by atoms with Crippen molar-refractivity contribution in [3.05, 3.63) is 63.8 Å². The van der Waals surface area contributed by atoms with Gasteiger partial charge < -0.3 is 25.8 Å². The summed E-state index contributed by atoms with van der Waals surface area (Å²) in [7, 11) is 1.61. The average molecular weight is 476 g/mol. The number of nitrogen functional groups attached to an aromatic ring is 1. The third-order valence-corrected chi connectivity index (χ3v) is 4.63. The predicted molar refractivity (Wildman–Crippen MR) is 114 cm³/mol. The molecule has 30 heavy (non-hydrogen) atoms. The molecule has 158 valence electrons. The Hall–Kier alpha value is -3.11. The zero-order chi connectivity index (χ0) is 21.3. The highest BCUT2D eigenvalue weighted by atomic mass is 79.9. The Balaban J connectivity index is 1.57. The molecule has 0 saturated carbocycles. The van der Waals surface area contributed by atoms with E-state index in [0.29, 0.717) is 37.7 Å². The molecule has 2 aromatic carbocycles. The molecule has 0 atom stereocenters. The van der Waals surface area contributed by atoms with Crippen LogP contribution in [0.25, 0.3) is 0 Å². The van der Waals surface area contributed by atoms with Crippen molar-refractivity contribution < 1.29 is 18.9 Å². The van der Waals surface area contributed by atoms with Crippen molar-refractivity contribution in [2.75, 3.05) is 25.9 Å². The zero-order valence-corrected chi connectivity index (χ0v) is 17.9. The van der Waals surface area contributed by atoms with E-state index in [-0.39, 0.29) is 11.5 Å². The Labute approximate surface area is 182 Å². The summed E-state index contributed by atoms with van der Waals surface area (Å²) in [5, 5.41) is 12.8. The van der Waals surface area contributed by atoms with Gasteiger partial charge in [0.1, 0.15) is 6.61 Å². The number of methoxy groups -OCH3 is 1. The fourth-order valence-corrected chi connectivity index (χ4v) is 3.21. The minimum absolute atomic E-state index is 0.0247. The highest BCUT2D eigenvalue weighted by Crippen LogP contribution is 2.35. The lowest BCUT2D eigenvalue weighted by Gasteiger charge is -2.16. The third kappa shape index (κ3) is 5.71. The van der Waals surface area contributed by atoms with Gasteiger partial charge in [-0.1, -0.05) is 46.3 Å². The summed E-state index contributed by atoms with van der Waals surface area (Å²) in [5.41, 5.74) is 7.46. The quantitative estimate of drug-likeness (QED) is 0.382. The van der Waals surface area contributed by atoms with Gasteiger partial charge in [-0.15, -0.1) is 0 Å². The first-order valence-corrected chi connectivity index (χ1v) is 9.98. The molecule has 0 radical (unpaired) electrons. The minimum Gasteiger partial charge on any atom is -0.493 e. The number of hydrogen-bond acceptors (Lipinski definition) is 8. The molecule has 0 aliphatic rings. The third-order valence-electron chi connectivity index (χ3n) is 4.17. The smallest absolute Gasteiger partial charge is 0.277 e. The molecule has 0 bridgehead atoms. The first-order chi connectivity index (χ1) is 14.6. The Morgan fingerprint density at radius 2 is 2.00 bits per heavy atom. The van der Waals surface area contributed by atoms with Crippen LogP contribution in [0.1, 0.15) is 21.6 Å². The second-order valence-corrected chi connectivity index (χ2v) is 7.22. The largest absolute Gasteiger partial charge is 0.493 e. The van der Waals surface area contributed by atoms with Gasteiger partial charge in [-0.2, -0.15) is 0 Å². The number of anilines is 1. The summed E-state index contributed by atoms with van der Waals surface area (Å²) in [6.45, 7) is 1.83. The van der Waals surface area contributed by atoms with E-state index >= 15 is 0 Å². The molecule has 0 saturated heterocycles. The van der Waals surface area contributed by atoms with Crippen LogP contribution in [0.15, 0.2) is 51.6 Å². The molecule has 0 aliphatic carbocycles. The second-order valence-electron chi connectivity index (χ2n) is 6.30. The van der Waals surface area contributed by atoms with E-state index in [0.717, 1.165) is 15.6 Å². The fraction of sp³-hybridized carbons (Fsp3) is 0.250. The number of carbonyl (C=O) groups excluding carboxylic acids is 1.